The van der Waals surface area contributed by atoms with Gasteiger partial charge < -0.3 is 10.3 Å². The van der Waals surface area contributed by atoms with Crippen molar-refractivity contribution in [3.05, 3.63) is 24.3 Å². The van der Waals surface area contributed by atoms with Gasteiger partial charge in [0.1, 0.15) is 0 Å². The molecule has 0 saturated carbocycles. The van der Waals surface area contributed by atoms with Crippen LogP contribution in [0.15, 0.2) is 34.1 Å². The molecule has 0 heterocycles. The third-order valence-electron chi connectivity index (χ3n) is 1.99. The monoisotopic (exact) mass is 262 g/mol. The molecule has 0 radical (unpaired) electrons. The van der Waals surface area contributed by atoms with Crippen molar-refractivity contribution in [2.75, 3.05) is 12.3 Å². The molecule has 1 atom stereocenters. The summed E-state index contributed by atoms with van der Waals surface area (Å²) in [4.78, 5) is 0.188. The molecule has 90 valence electrons. The van der Waals surface area contributed by atoms with E-state index in [0.29, 0.717) is 13.0 Å². The summed E-state index contributed by atoms with van der Waals surface area (Å²) in [7, 11) is -3.35. The van der Waals surface area contributed by atoms with Crippen molar-refractivity contribution in [2.45, 2.75) is 16.2 Å². The fourth-order valence-electron chi connectivity index (χ4n) is 1.15. The number of sulfone groups is 1. The van der Waals surface area contributed by atoms with E-state index >= 15 is 0 Å². The number of rotatable bonds is 5. The molecule has 0 amide bonds. The van der Waals surface area contributed by atoms with Crippen molar-refractivity contribution in [3.8, 4) is 0 Å². The maximum Gasteiger partial charge on any atom is 0.178 e. The van der Waals surface area contributed by atoms with Gasteiger partial charge >= 0.3 is 0 Å². The van der Waals surface area contributed by atoms with Gasteiger partial charge in [-0.15, -0.1) is 0 Å². The molecular formula is C9H12NO4S2-. The minimum absolute atomic E-state index is 0.0245. The Morgan fingerprint density at radius 2 is 1.81 bits per heavy atom. The summed E-state index contributed by atoms with van der Waals surface area (Å²) in [5.74, 6) is -0.0245. The molecule has 5 nitrogen and oxygen atoms in total. The number of nitrogens with two attached hydrogens (primary N) is 1. The van der Waals surface area contributed by atoms with E-state index in [0.717, 1.165) is 0 Å². The molecule has 0 fully saturated rings. The third kappa shape index (κ3) is 3.38. The zero-order chi connectivity index (χ0) is 12.2. The van der Waals surface area contributed by atoms with Gasteiger partial charge in [0.05, 0.1) is 10.6 Å². The lowest BCUT2D eigenvalue weighted by Gasteiger charge is -2.07. The zero-order valence-corrected chi connectivity index (χ0v) is 10.1. The van der Waals surface area contributed by atoms with Gasteiger partial charge in [-0.3, -0.25) is 4.21 Å². The molecule has 1 rings (SSSR count). The summed E-state index contributed by atoms with van der Waals surface area (Å²) in [6.07, 6.45) is 0.386. The topological polar surface area (TPSA) is 100 Å². The van der Waals surface area contributed by atoms with Gasteiger partial charge in [-0.1, -0.05) is 0 Å². The van der Waals surface area contributed by atoms with E-state index in [2.05, 4.69) is 0 Å². The highest BCUT2D eigenvalue weighted by atomic mass is 32.2. The molecule has 0 bridgehead atoms. The van der Waals surface area contributed by atoms with Crippen molar-refractivity contribution >= 4 is 20.9 Å². The Morgan fingerprint density at radius 1 is 1.25 bits per heavy atom. The number of benzene rings is 1. The van der Waals surface area contributed by atoms with E-state index in [1.165, 1.54) is 24.3 Å². The molecule has 2 N–H and O–H groups in total. The molecule has 1 aromatic carbocycles. The lowest BCUT2D eigenvalue weighted by atomic mass is 10.4. The van der Waals surface area contributed by atoms with Gasteiger partial charge in [-0.25, -0.2) is 8.42 Å². The van der Waals surface area contributed by atoms with Crippen LogP contribution < -0.4 is 5.73 Å². The second kappa shape index (κ2) is 5.53. The van der Waals surface area contributed by atoms with Crippen molar-refractivity contribution in [2.24, 2.45) is 5.73 Å². The van der Waals surface area contributed by atoms with Crippen molar-refractivity contribution < 1.29 is 17.2 Å². The maximum absolute atomic E-state index is 11.7. The first-order chi connectivity index (χ1) is 7.47. The van der Waals surface area contributed by atoms with Crippen LogP contribution in [0, 0.1) is 0 Å². The SMILES string of the molecule is NCCCS(=O)(=O)c1ccc(S(=O)[O-])cc1. The molecule has 16 heavy (non-hydrogen) atoms. The summed E-state index contributed by atoms with van der Waals surface area (Å²) < 4.78 is 44.5. The molecule has 0 saturated heterocycles. The molecule has 0 aliphatic rings. The van der Waals surface area contributed by atoms with Crippen LogP contribution >= 0.6 is 0 Å². The Kier molecular flexibility index (Phi) is 4.60. The Balaban J connectivity index is 2.93. The summed E-state index contributed by atoms with van der Waals surface area (Å²) in [5, 5.41) is 0. The van der Waals surface area contributed by atoms with E-state index < -0.39 is 20.9 Å². The third-order valence-corrected chi connectivity index (χ3v) is 4.47. The Hall–Kier alpha value is -0.760. The summed E-state index contributed by atoms with van der Waals surface area (Å²) in [6.45, 7) is 0.307. The van der Waals surface area contributed by atoms with Crippen LogP contribution in [0.3, 0.4) is 0 Å². The van der Waals surface area contributed by atoms with Gasteiger partial charge in [-0.2, -0.15) is 0 Å². The highest BCUT2D eigenvalue weighted by Crippen LogP contribution is 2.14. The van der Waals surface area contributed by atoms with Crippen LogP contribution in [0.25, 0.3) is 0 Å². The summed E-state index contributed by atoms with van der Waals surface area (Å²) in [6, 6.07) is 5.10. The van der Waals surface area contributed by atoms with Gasteiger partial charge in [0.25, 0.3) is 0 Å². The average Bonchev–Trinajstić information content (AvgIpc) is 2.26. The Morgan fingerprint density at radius 3 is 2.25 bits per heavy atom. The average molecular weight is 262 g/mol. The Labute approximate surface area is 96.9 Å². The smallest absolute Gasteiger partial charge is 0.178 e. The lowest BCUT2D eigenvalue weighted by Crippen LogP contribution is -2.11. The standard InChI is InChI=1S/C9H13NO4S2/c10-6-1-7-16(13,14)9-4-2-8(3-5-9)15(11)12/h2-5H,1,6-7,10H2,(H,11,12)/p-1. The first-order valence-electron chi connectivity index (χ1n) is 4.59. The summed E-state index contributed by atoms with van der Waals surface area (Å²) in [5.41, 5.74) is 5.23. The van der Waals surface area contributed by atoms with Crippen LogP contribution in [0.2, 0.25) is 0 Å². The Bertz CT molecular complexity index is 467. The molecule has 1 unspecified atom stereocenters. The van der Waals surface area contributed by atoms with E-state index in [-0.39, 0.29) is 15.5 Å². The van der Waals surface area contributed by atoms with Crippen molar-refractivity contribution in [1.82, 2.24) is 0 Å². The lowest BCUT2D eigenvalue weighted by molar-refractivity contribution is 0.537. The van der Waals surface area contributed by atoms with E-state index in [9.17, 15) is 17.2 Å². The second-order valence-corrected chi connectivity index (χ2v) is 6.22. The van der Waals surface area contributed by atoms with Crippen LogP contribution in [-0.4, -0.2) is 29.5 Å². The fraction of sp³-hybridized carbons (Fsp3) is 0.333. The predicted octanol–water partition coefficient (Wildman–Crippen LogP) is 0.0471. The van der Waals surface area contributed by atoms with Gasteiger partial charge in [-0.05, 0) is 48.3 Å². The molecule has 1 aromatic rings. The first-order valence-corrected chi connectivity index (χ1v) is 7.32. The van der Waals surface area contributed by atoms with Crippen LogP contribution in [-0.2, 0) is 20.9 Å². The molecule has 0 aliphatic heterocycles. The molecule has 0 aromatic heterocycles. The van der Waals surface area contributed by atoms with Crippen molar-refractivity contribution in [1.29, 1.82) is 0 Å². The van der Waals surface area contributed by atoms with Crippen LogP contribution in [0.5, 0.6) is 0 Å². The van der Waals surface area contributed by atoms with Gasteiger partial charge in [0, 0.05) is 4.90 Å². The highest BCUT2D eigenvalue weighted by molar-refractivity contribution is 7.91. The highest BCUT2D eigenvalue weighted by Gasteiger charge is 2.13. The largest absolute Gasteiger partial charge is 0.768 e. The molecule has 7 heteroatoms. The predicted molar refractivity (Wildman–Crippen MR) is 59.4 cm³/mol. The minimum atomic E-state index is -3.35. The van der Waals surface area contributed by atoms with E-state index in [1.807, 2.05) is 0 Å². The summed E-state index contributed by atoms with van der Waals surface area (Å²) >= 11 is -2.33. The second-order valence-electron chi connectivity index (χ2n) is 3.17. The molecular weight excluding hydrogens is 250 g/mol. The molecule has 0 aliphatic carbocycles. The van der Waals surface area contributed by atoms with Gasteiger partial charge in [0.15, 0.2) is 9.84 Å². The van der Waals surface area contributed by atoms with Crippen LogP contribution in [0.1, 0.15) is 6.42 Å². The van der Waals surface area contributed by atoms with Gasteiger partial charge in [0.2, 0.25) is 0 Å². The normalized spacial score (nSPS) is 13.6. The zero-order valence-electron chi connectivity index (χ0n) is 8.46. The number of hydrogen-bond acceptors (Lipinski definition) is 5. The van der Waals surface area contributed by atoms with E-state index in [4.69, 9.17) is 5.73 Å². The maximum atomic E-state index is 11.7. The van der Waals surface area contributed by atoms with E-state index in [1.54, 1.807) is 0 Å². The quantitative estimate of drug-likeness (QED) is 0.755. The molecule has 0 spiro atoms. The minimum Gasteiger partial charge on any atom is -0.768 e. The first kappa shape index (κ1) is 13.3. The van der Waals surface area contributed by atoms with Crippen molar-refractivity contribution in [3.63, 3.8) is 0 Å². The number of hydrogen-bond donors (Lipinski definition) is 1. The van der Waals surface area contributed by atoms with Crippen LogP contribution in [0.4, 0.5) is 0 Å². The fourth-order valence-corrected chi connectivity index (χ4v) is 2.84.